The summed E-state index contributed by atoms with van der Waals surface area (Å²) in [7, 11) is 0. The van der Waals surface area contributed by atoms with Crippen molar-refractivity contribution < 1.29 is 15.0 Å². The molecule has 21 heavy (non-hydrogen) atoms. The van der Waals surface area contributed by atoms with Gasteiger partial charge in [0.1, 0.15) is 0 Å². The molecule has 0 radical (unpaired) electrons. The van der Waals surface area contributed by atoms with E-state index in [0.717, 1.165) is 51.4 Å². The van der Waals surface area contributed by atoms with Gasteiger partial charge in [0, 0.05) is 12.8 Å². The second kappa shape index (κ2) is 15.1. The summed E-state index contributed by atoms with van der Waals surface area (Å²) < 4.78 is 0. The zero-order valence-corrected chi connectivity index (χ0v) is 13.5. The maximum atomic E-state index is 10.3. The average molecular weight is 296 g/mol. The van der Waals surface area contributed by atoms with Crippen LogP contribution >= 0.6 is 0 Å². The molecule has 0 rings (SSSR count). The summed E-state index contributed by atoms with van der Waals surface area (Å²) in [6.07, 6.45) is 17.8. The van der Waals surface area contributed by atoms with E-state index in [-0.39, 0.29) is 6.42 Å². The molecule has 0 bridgehead atoms. The Morgan fingerprint density at radius 2 is 1.52 bits per heavy atom. The van der Waals surface area contributed by atoms with Crippen molar-refractivity contribution in [1.29, 1.82) is 0 Å². The molecule has 3 heteroatoms. The van der Waals surface area contributed by atoms with E-state index in [9.17, 15) is 9.90 Å². The molecule has 0 aromatic rings. The molecule has 2 N–H and O–H groups in total. The molecular weight excluding hydrogens is 264 g/mol. The Kier molecular flexibility index (Phi) is 14.2. The fourth-order valence-corrected chi connectivity index (χ4v) is 2.15. The third-order valence-electron chi connectivity index (χ3n) is 3.45. The van der Waals surface area contributed by atoms with Gasteiger partial charge < -0.3 is 10.2 Å². The Morgan fingerprint density at radius 1 is 0.857 bits per heavy atom. The van der Waals surface area contributed by atoms with Crippen LogP contribution in [0.5, 0.6) is 0 Å². The van der Waals surface area contributed by atoms with Gasteiger partial charge in [0.25, 0.3) is 0 Å². The van der Waals surface area contributed by atoms with Gasteiger partial charge in [0.15, 0.2) is 0 Å². The maximum Gasteiger partial charge on any atom is 0.303 e. The first-order valence-electron chi connectivity index (χ1n) is 8.41. The van der Waals surface area contributed by atoms with Gasteiger partial charge in [-0.1, -0.05) is 51.2 Å². The molecule has 0 aromatic heterocycles. The van der Waals surface area contributed by atoms with E-state index in [1.165, 1.54) is 19.3 Å². The molecule has 0 saturated heterocycles. The van der Waals surface area contributed by atoms with E-state index in [1.807, 2.05) is 6.08 Å². The van der Waals surface area contributed by atoms with Gasteiger partial charge in [0.2, 0.25) is 0 Å². The number of hydrogen-bond donors (Lipinski definition) is 2. The van der Waals surface area contributed by atoms with E-state index >= 15 is 0 Å². The smallest absolute Gasteiger partial charge is 0.303 e. The predicted octanol–water partition coefficient (Wildman–Crippen LogP) is 5.77. The lowest BCUT2D eigenvalue weighted by atomic mass is 10.1. The standard InChI is InChI=1S/C18H32O3/c1-2-3-4-5-6-8-11-14-17(19)15-12-9-7-10-13-16-18(20)21/h6,8,14,19H,2-5,7,9-13,15-16H2,1H3,(H,20,21). The van der Waals surface area contributed by atoms with Crippen molar-refractivity contribution in [2.75, 3.05) is 0 Å². The number of aliphatic carboxylic acids is 1. The largest absolute Gasteiger partial charge is 0.513 e. The highest BCUT2D eigenvalue weighted by atomic mass is 16.4. The minimum absolute atomic E-state index is 0.274. The highest BCUT2D eigenvalue weighted by molar-refractivity contribution is 5.66. The molecular formula is C18H32O3. The van der Waals surface area contributed by atoms with Crippen LogP contribution in [0.1, 0.15) is 84.0 Å². The van der Waals surface area contributed by atoms with Crippen molar-refractivity contribution in [2.24, 2.45) is 0 Å². The normalized spacial score (nSPS) is 12.1. The molecule has 0 aliphatic heterocycles. The van der Waals surface area contributed by atoms with Crippen molar-refractivity contribution in [3.8, 4) is 0 Å². The summed E-state index contributed by atoms with van der Waals surface area (Å²) in [6, 6.07) is 0. The van der Waals surface area contributed by atoms with Crippen molar-refractivity contribution in [1.82, 2.24) is 0 Å². The van der Waals surface area contributed by atoms with Gasteiger partial charge in [-0.05, 0) is 38.2 Å². The number of allylic oxidation sites excluding steroid dienone is 4. The molecule has 0 amide bonds. The SMILES string of the molecule is CCCCCC=CCC=C(O)CCCCCCCC(=O)O. The van der Waals surface area contributed by atoms with Gasteiger partial charge in [-0.15, -0.1) is 0 Å². The second-order valence-electron chi connectivity index (χ2n) is 5.56. The third kappa shape index (κ3) is 16.7. The molecule has 0 heterocycles. The zero-order chi connectivity index (χ0) is 15.8. The minimum atomic E-state index is -0.710. The van der Waals surface area contributed by atoms with Gasteiger partial charge >= 0.3 is 5.97 Å². The summed E-state index contributed by atoms with van der Waals surface area (Å²) in [5.74, 6) is -0.225. The van der Waals surface area contributed by atoms with E-state index in [0.29, 0.717) is 5.76 Å². The van der Waals surface area contributed by atoms with Crippen molar-refractivity contribution in [2.45, 2.75) is 84.0 Å². The van der Waals surface area contributed by atoms with Gasteiger partial charge in [0.05, 0.1) is 5.76 Å². The quantitative estimate of drug-likeness (QED) is 0.243. The van der Waals surface area contributed by atoms with E-state index in [4.69, 9.17) is 5.11 Å². The van der Waals surface area contributed by atoms with Gasteiger partial charge in [-0.3, -0.25) is 4.79 Å². The fraction of sp³-hybridized carbons (Fsp3) is 0.722. The number of aliphatic hydroxyl groups is 1. The predicted molar refractivity (Wildman–Crippen MR) is 88.6 cm³/mol. The first kappa shape index (κ1) is 19.8. The lowest BCUT2D eigenvalue weighted by Gasteiger charge is -2.01. The first-order chi connectivity index (χ1) is 10.2. The number of rotatable bonds is 14. The molecule has 0 atom stereocenters. The third-order valence-corrected chi connectivity index (χ3v) is 3.45. The number of hydrogen-bond acceptors (Lipinski definition) is 2. The molecule has 0 unspecified atom stereocenters. The van der Waals surface area contributed by atoms with Crippen LogP contribution in [0.2, 0.25) is 0 Å². The Labute approximate surface area is 129 Å². The van der Waals surface area contributed by atoms with Gasteiger partial charge in [-0.25, -0.2) is 0 Å². The van der Waals surface area contributed by atoms with Gasteiger partial charge in [-0.2, -0.15) is 0 Å². The van der Waals surface area contributed by atoms with Crippen molar-refractivity contribution in [3.63, 3.8) is 0 Å². The fourth-order valence-electron chi connectivity index (χ4n) is 2.15. The topological polar surface area (TPSA) is 57.5 Å². The zero-order valence-electron chi connectivity index (χ0n) is 13.5. The van der Waals surface area contributed by atoms with Crippen molar-refractivity contribution >= 4 is 5.97 Å². The van der Waals surface area contributed by atoms with E-state index < -0.39 is 5.97 Å². The molecule has 0 saturated carbocycles. The summed E-state index contributed by atoms with van der Waals surface area (Å²) >= 11 is 0. The van der Waals surface area contributed by atoms with Crippen LogP contribution < -0.4 is 0 Å². The monoisotopic (exact) mass is 296 g/mol. The second-order valence-corrected chi connectivity index (χ2v) is 5.56. The molecule has 3 nitrogen and oxygen atoms in total. The summed E-state index contributed by atoms with van der Waals surface area (Å²) in [6.45, 7) is 2.21. The molecule has 0 aliphatic rings. The molecule has 0 spiro atoms. The van der Waals surface area contributed by atoms with Crippen LogP contribution in [-0.2, 0) is 4.79 Å². The molecule has 122 valence electrons. The minimum Gasteiger partial charge on any atom is -0.513 e. The highest BCUT2D eigenvalue weighted by Gasteiger charge is 1.97. The number of carbonyl (C=O) groups is 1. The van der Waals surface area contributed by atoms with Crippen molar-refractivity contribution in [3.05, 3.63) is 24.0 Å². The van der Waals surface area contributed by atoms with Crippen LogP contribution in [-0.4, -0.2) is 16.2 Å². The van der Waals surface area contributed by atoms with Crippen LogP contribution in [0.15, 0.2) is 24.0 Å². The summed E-state index contributed by atoms with van der Waals surface area (Å²) in [4.78, 5) is 10.3. The number of unbranched alkanes of at least 4 members (excludes halogenated alkanes) is 7. The Bertz CT molecular complexity index is 306. The van der Waals surface area contributed by atoms with Crippen LogP contribution in [0, 0.1) is 0 Å². The maximum absolute atomic E-state index is 10.3. The summed E-state index contributed by atoms with van der Waals surface area (Å²) in [5, 5.41) is 18.2. The van der Waals surface area contributed by atoms with E-state index in [2.05, 4.69) is 19.1 Å². The Hall–Kier alpha value is -1.25. The summed E-state index contributed by atoms with van der Waals surface area (Å²) in [5.41, 5.74) is 0. The molecule has 0 fully saturated rings. The first-order valence-corrected chi connectivity index (χ1v) is 8.41. The molecule has 0 aliphatic carbocycles. The lowest BCUT2D eigenvalue weighted by Crippen LogP contribution is -1.93. The lowest BCUT2D eigenvalue weighted by molar-refractivity contribution is -0.137. The Morgan fingerprint density at radius 3 is 2.19 bits per heavy atom. The Balaban J connectivity index is 3.41. The number of carboxylic acid groups (broad SMARTS) is 1. The van der Waals surface area contributed by atoms with E-state index in [1.54, 1.807) is 0 Å². The van der Waals surface area contributed by atoms with Crippen LogP contribution in [0.3, 0.4) is 0 Å². The van der Waals surface area contributed by atoms with Crippen LogP contribution in [0.4, 0.5) is 0 Å². The molecule has 0 aromatic carbocycles. The number of carboxylic acids is 1. The number of aliphatic hydroxyl groups excluding tert-OH is 1. The van der Waals surface area contributed by atoms with Crippen LogP contribution in [0.25, 0.3) is 0 Å². The average Bonchev–Trinajstić information content (AvgIpc) is 2.45. The highest BCUT2D eigenvalue weighted by Crippen LogP contribution is 2.11.